The number of pyridine rings is 1. The van der Waals surface area contributed by atoms with Crippen molar-refractivity contribution in [2.45, 2.75) is 19.6 Å². The molecule has 1 aromatic heterocycles. The zero-order chi connectivity index (χ0) is 19.3. The third-order valence-electron chi connectivity index (χ3n) is 3.59. The molecule has 0 saturated carbocycles. The maximum absolute atomic E-state index is 13.7. The van der Waals surface area contributed by atoms with Crippen LogP contribution in [0.2, 0.25) is 10.0 Å². The Morgan fingerprint density at radius 2 is 2.19 bits per heavy atom. The number of aliphatic imine (C=N–C) groups is 1. The number of anilines is 1. The van der Waals surface area contributed by atoms with Gasteiger partial charge >= 0.3 is 0 Å². The van der Waals surface area contributed by atoms with E-state index in [1.165, 1.54) is 12.1 Å². The number of benzene rings is 1. The van der Waals surface area contributed by atoms with E-state index in [0.29, 0.717) is 22.9 Å². The average molecular weight is 397 g/mol. The van der Waals surface area contributed by atoms with Crippen LogP contribution in [-0.2, 0) is 6.54 Å². The maximum atomic E-state index is 13.7. The summed E-state index contributed by atoms with van der Waals surface area (Å²) in [4.78, 5) is 9.70. The quantitative estimate of drug-likeness (QED) is 0.536. The van der Waals surface area contributed by atoms with Crippen LogP contribution in [0.4, 0.5) is 10.2 Å². The molecule has 0 radical (unpaired) electrons. The predicted molar refractivity (Wildman–Crippen MR) is 104 cm³/mol. The Kier molecular flexibility index (Phi) is 6.83. The number of ether oxygens (including phenoxy) is 1. The molecule has 1 unspecified atom stereocenters. The molecule has 26 heavy (non-hydrogen) atoms. The van der Waals surface area contributed by atoms with Gasteiger partial charge < -0.3 is 15.4 Å². The van der Waals surface area contributed by atoms with Crippen molar-refractivity contribution in [1.29, 1.82) is 0 Å². The van der Waals surface area contributed by atoms with Gasteiger partial charge in [0.1, 0.15) is 11.9 Å². The molecule has 2 N–H and O–H groups in total. The van der Waals surface area contributed by atoms with Crippen molar-refractivity contribution in [2.75, 3.05) is 12.8 Å². The van der Waals surface area contributed by atoms with Crippen molar-refractivity contribution < 1.29 is 9.13 Å². The van der Waals surface area contributed by atoms with Gasteiger partial charge in [-0.2, -0.15) is 0 Å². The van der Waals surface area contributed by atoms with E-state index in [9.17, 15) is 4.39 Å². The molecule has 0 aliphatic heterocycles. The number of nitrogens with zero attached hydrogens (tertiary/aromatic N) is 3. The van der Waals surface area contributed by atoms with Crippen LogP contribution in [0.1, 0.15) is 24.2 Å². The first-order valence-corrected chi connectivity index (χ1v) is 8.46. The van der Waals surface area contributed by atoms with E-state index in [1.54, 1.807) is 31.6 Å². The third-order valence-corrected chi connectivity index (χ3v) is 4.30. The van der Waals surface area contributed by atoms with Gasteiger partial charge in [0.25, 0.3) is 0 Å². The minimum Gasteiger partial charge on any atom is -0.482 e. The molecule has 0 amide bonds. The molecule has 1 heterocycles. The highest BCUT2D eigenvalue weighted by molar-refractivity contribution is 6.36. The van der Waals surface area contributed by atoms with Gasteiger partial charge in [0.2, 0.25) is 0 Å². The Labute approximate surface area is 161 Å². The van der Waals surface area contributed by atoms with Crippen LogP contribution in [0.15, 0.2) is 41.8 Å². The van der Waals surface area contributed by atoms with Gasteiger partial charge in [0.05, 0.1) is 5.02 Å². The van der Waals surface area contributed by atoms with Crippen LogP contribution >= 0.6 is 23.2 Å². The van der Waals surface area contributed by atoms with E-state index in [1.807, 2.05) is 11.9 Å². The molecule has 0 saturated heterocycles. The van der Waals surface area contributed by atoms with Gasteiger partial charge in [-0.1, -0.05) is 23.2 Å². The lowest BCUT2D eigenvalue weighted by molar-refractivity contribution is 0.227. The fourth-order valence-corrected chi connectivity index (χ4v) is 3.02. The molecule has 0 aliphatic carbocycles. The van der Waals surface area contributed by atoms with E-state index in [2.05, 4.69) is 16.7 Å². The largest absolute Gasteiger partial charge is 0.482 e. The standard InChI is InChI=1S/C18H19Cl2FN4O/c1-11(16-13(19)4-5-14(21)17(16)20)26-15-8-12(9-24-18(15)22)10-25(3)7-6-23-2/h4-9,11H,2,10H2,1,3H3,(H2,22,24)/b7-6-. The summed E-state index contributed by atoms with van der Waals surface area (Å²) in [5.41, 5.74) is 7.13. The first-order valence-electron chi connectivity index (χ1n) is 7.70. The molecule has 138 valence electrons. The molecule has 5 nitrogen and oxygen atoms in total. The second-order valence-electron chi connectivity index (χ2n) is 5.64. The van der Waals surface area contributed by atoms with Crippen LogP contribution in [0.3, 0.4) is 0 Å². The molecule has 0 bridgehead atoms. The van der Waals surface area contributed by atoms with Crippen molar-refractivity contribution in [3.05, 3.63) is 63.8 Å². The highest BCUT2D eigenvalue weighted by Crippen LogP contribution is 2.36. The normalized spacial score (nSPS) is 12.2. The van der Waals surface area contributed by atoms with Crippen LogP contribution in [0.25, 0.3) is 0 Å². The fourth-order valence-electron chi connectivity index (χ4n) is 2.34. The van der Waals surface area contributed by atoms with Crippen molar-refractivity contribution in [3.8, 4) is 5.75 Å². The van der Waals surface area contributed by atoms with Crippen molar-refractivity contribution in [2.24, 2.45) is 4.99 Å². The third kappa shape index (κ3) is 4.86. The Morgan fingerprint density at radius 1 is 1.46 bits per heavy atom. The molecular formula is C18H19Cl2FN4O. The lowest BCUT2D eigenvalue weighted by Gasteiger charge is -2.20. The van der Waals surface area contributed by atoms with Crippen LogP contribution in [-0.4, -0.2) is 23.6 Å². The Balaban J connectivity index is 2.24. The highest BCUT2D eigenvalue weighted by Gasteiger charge is 2.20. The summed E-state index contributed by atoms with van der Waals surface area (Å²) < 4.78 is 19.6. The zero-order valence-electron chi connectivity index (χ0n) is 14.4. The smallest absolute Gasteiger partial charge is 0.166 e. The molecule has 1 atom stereocenters. The fraction of sp³-hybridized carbons (Fsp3) is 0.222. The summed E-state index contributed by atoms with van der Waals surface area (Å²) in [6.45, 7) is 5.66. The van der Waals surface area contributed by atoms with E-state index >= 15 is 0 Å². The summed E-state index contributed by atoms with van der Waals surface area (Å²) in [5.74, 6) is 0.0198. The number of halogens is 3. The number of nitrogen functional groups attached to an aromatic ring is 1. The van der Waals surface area contributed by atoms with Gasteiger partial charge in [-0.15, -0.1) is 0 Å². The number of hydrogen-bond donors (Lipinski definition) is 1. The Bertz CT molecular complexity index is 829. The maximum Gasteiger partial charge on any atom is 0.166 e. The summed E-state index contributed by atoms with van der Waals surface area (Å²) in [5, 5.41) is 0.239. The van der Waals surface area contributed by atoms with Gasteiger partial charge in [0, 0.05) is 42.8 Å². The lowest BCUT2D eigenvalue weighted by Crippen LogP contribution is -2.12. The van der Waals surface area contributed by atoms with Crippen LogP contribution in [0, 0.1) is 5.82 Å². The Morgan fingerprint density at radius 3 is 2.88 bits per heavy atom. The molecule has 8 heteroatoms. The summed E-state index contributed by atoms with van der Waals surface area (Å²) in [6.07, 6.45) is 4.39. The summed E-state index contributed by atoms with van der Waals surface area (Å²) in [7, 11) is 1.88. The average Bonchev–Trinajstić information content (AvgIpc) is 2.59. The number of nitrogens with two attached hydrogens (primary N) is 1. The van der Waals surface area contributed by atoms with Crippen LogP contribution < -0.4 is 10.5 Å². The molecule has 2 rings (SSSR count). The minimum absolute atomic E-state index is 0.0746. The number of hydrogen-bond acceptors (Lipinski definition) is 5. The van der Waals surface area contributed by atoms with Crippen molar-refractivity contribution >= 4 is 35.7 Å². The van der Waals surface area contributed by atoms with E-state index in [-0.39, 0.29) is 10.8 Å². The molecule has 1 aromatic carbocycles. The molecule has 0 aliphatic rings. The summed E-state index contributed by atoms with van der Waals surface area (Å²) >= 11 is 12.2. The van der Waals surface area contributed by atoms with E-state index < -0.39 is 11.9 Å². The lowest BCUT2D eigenvalue weighted by atomic mass is 10.1. The van der Waals surface area contributed by atoms with E-state index in [0.717, 1.165) is 5.56 Å². The van der Waals surface area contributed by atoms with Crippen molar-refractivity contribution in [1.82, 2.24) is 9.88 Å². The van der Waals surface area contributed by atoms with Gasteiger partial charge in [0.15, 0.2) is 11.6 Å². The Hall–Kier alpha value is -2.31. The first kappa shape index (κ1) is 20.0. The van der Waals surface area contributed by atoms with Crippen molar-refractivity contribution in [3.63, 3.8) is 0 Å². The number of rotatable bonds is 7. The SMILES string of the molecule is C=N/C=C\N(C)Cc1cnc(N)c(OC(C)c2c(Cl)ccc(F)c2Cl)c1. The topological polar surface area (TPSA) is 63.7 Å². The second kappa shape index (κ2) is 8.87. The van der Waals surface area contributed by atoms with Crippen LogP contribution in [0.5, 0.6) is 5.75 Å². The molecular weight excluding hydrogens is 378 g/mol. The van der Waals surface area contributed by atoms with Gasteiger partial charge in [-0.05, 0) is 37.4 Å². The predicted octanol–water partition coefficient (Wildman–Crippen LogP) is 4.85. The molecule has 0 fully saturated rings. The second-order valence-corrected chi connectivity index (χ2v) is 6.42. The summed E-state index contributed by atoms with van der Waals surface area (Å²) in [6, 6.07) is 4.41. The highest BCUT2D eigenvalue weighted by atomic mass is 35.5. The molecule has 2 aromatic rings. The van der Waals surface area contributed by atoms with Gasteiger partial charge in [-0.25, -0.2) is 9.37 Å². The monoisotopic (exact) mass is 396 g/mol. The minimum atomic E-state index is -0.618. The molecule has 0 spiro atoms. The van der Waals surface area contributed by atoms with Gasteiger partial charge in [-0.3, -0.25) is 4.99 Å². The first-order chi connectivity index (χ1) is 12.3. The van der Waals surface area contributed by atoms with E-state index in [4.69, 9.17) is 33.7 Å². The number of aromatic nitrogens is 1. The zero-order valence-corrected chi connectivity index (χ0v) is 15.9.